The van der Waals surface area contributed by atoms with Crippen LogP contribution in [0, 0.1) is 0 Å². The van der Waals surface area contributed by atoms with Crippen LogP contribution in [0.2, 0.25) is 5.02 Å². The molecule has 0 bridgehead atoms. The van der Waals surface area contributed by atoms with Crippen LogP contribution < -0.4 is 10.6 Å². The van der Waals surface area contributed by atoms with Crippen molar-refractivity contribution < 1.29 is 14.7 Å². The molecule has 0 fully saturated rings. The average molecular weight is 257 g/mol. The molecule has 0 spiro atoms. The van der Waals surface area contributed by atoms with Gasteiger partial charge in [0, 0.05) is 10.7 Å². The van der Waals surface area contributed by atoms with E-state index in [1.54, 1.807) is 31.2 Å². The van der Waals surface area contributed by atoms with E-state index in [-0.39, 0.29) is 6.54 Å². The van der Waals surface area contributed by atoms with Crippen LogP contribution >= 0.6 is 11.6 Å². The quantitative estimate of drug-likeness (QED) is 0.826. The monoisotopic (exact) mass is 256 g/mol. The topological polar surface area (TPSA) is 83.6 Å². The summed E-state index contributed by atoms with van der Waals surface area (Å²) in [5.41, 5.74) is 5.73. The van der Waals surface area contributed by atoms with Crippen LogP contribution in [-0.4, -0.2) is 29.6 Å². The number of amides is 1. The number of carbonyl (C=O) groups excluding carboxylic acids is 1. The molecule has 0 saturated carbocycles. The molecule has 1 amide bonds. The molecule has 1 aromatic rings. The van der Waals surface area contributed by atoms with Crippen LogP contribution in [0.5, 0.6) is 0 Å². The molecule has 1 rings (SSSR count). The van der Waals surface area contributed by atoms with Gasteiger partial charge in [-0.3, -0.25) is 9.59 Å². The molecule has 0 aliphatic rings. The molecule has 1 atom stereocenters. The number of rotatable bonds is 5. The number of carboxylic acid groups (broad SMARTS) is 1. The number of hydrogen-bond acceptors (Lipinski definition) is 3. The molecular formula is C11H13ClN2O3. The van der Waals surface area contributed by atoms with Gasteiger partial charge in [-0.15, -0.1) is 0 Å². The Labute approximate surface area is 104 Å². The zero-order valence-corrected chi connectivity index (χ0v) is 10.0. The predicted octanol–water partition coefficient (Wildman–Crippen LogP) is 1.10. The van der Waals surface area contributed by atoms with Crippen molar-refractivity contribution in [2.75, 3.05) is 11.4 Å². The normalized spacial score (nSPS) is 11.9. The van der Waals surface area contributed by atoms with Crippen LogP contribution in [-0.2, 0) is 9.59 Å². The summed E-state index contributed by atoms with van der Waals surface area (Å²) in [6, 6.07) is 5.89. The van der Waals surface area contributed by atoms with Crippen molar-refractivity contribution in [1.82, 2.24) is 0 Å². The number of nitrogens with two attached hydrogens (primary N) is 1. The molecule has 3 N–H and O–H groups in total. The molecule has 0 aliphatic carbocycles. The summed E-state index contributed by atoms with van der Waals surface area (Å²) < 4.78 is 0. The minimum absolute atomic E-state index is 0.315. The van der Waals surface area contributed by atoms with Gasteiger partial charge >= 0.3 is 5.97 Å². The van der Waals surface area contributed by atoms with Gasteiger partial charge in [0.25, 0.3) is 0 Å². The van der Waals surface area contributed by atoms with Crippen molar-refractivity contribution in [3.8, 4) is 0 Å². The Morgan fingerprint density at radius 2 is 2.18 bits per heavy atom. The first-order valence-electron chi connectivity index (χ1n) is 4.95. The van der Waals surface area contributed by atoms with Gasteiger partial charge in [0.2, 0.25) is 5.91 Å². The molecule has 1 unspecified atom stereocenters. The number of carbonyl (C=O) groups is 2. The lowest BCUT2D eigenvalue weighted by molar-refractivity contribution is -0.135. The molecule has 0 aromatic heterocycles. The van der Waals surface area contributed by atoms with E-state index in [9.17, 15) is 9.59 Å². The van der Waals surface area contributed by atoms with E-state index in [4.69, 9.17) is 22.4 Å². The van der Waals surface area contributed by atoms with E-state index >= 15 is 0 Å². The molecule has 0 radical (unpaired) electrons. The van der Waals surface area contributed by atoms with E-state index in [2.05, 4.69) is 0 Å². The zero-order chi connectivity index (χ0) is 13.0. The second kappa shape index (κ2) is 5.54. The maximum absolute atomic E-state index is 11.1. The van der Waals surface area contributed by atoms with Gasteiger partial charge in [0.1, 0.15) is 12.6 Å². The van der Waals surface area contributed by atoms with Crippen molar-refractivity contribution in [2.45, 2.75) is 13.0 Å². The summed E-state index contributed by atoms with van der Waals surface area (Å²) in [7, 11) is 0. The van der Waals surface area contributed by atoms with E-state index in [1.165, 1.54) is 4.90 Å². The highest BCUT2D eigenvalue weighted by Crippen LogP contribution is 2.21. The third-order valence-corrected chi connectivity index (χ3v) is 2.56. The first kappa shape index (κ1) is 13.3. The number of benzene rings is 1. The number of hydrogen-bond donors (Lipinski definition) is 2. The summed E-state index contributed by atoms with van der Waals surface area (Å²) in [5.74, 6) is -1.63. The van der Waals surface area contributed by atoms with Gasteiger partial charge in [-0.1, -0.05) is 17.7 Å². The first-order chi connectivity index (χ1) is 7.91. The van der Waals surface area contributed by atoms with Crippen LogP contribution in [0.4, 0.5) is 5.69 Å². The van der Waals surface area contributed by atoms with Crippen LogP contribution in [0.15, 0.2) is 24.3 Å². The number of halogens is 1. The summed E-state index contributed by atoms with van der Waals surface area (Å²) in [5, 5.41) is 9.29. The summed E-state index contributed by atoms with van der Waals surface area (Å²) in [6.07, 6.45) is 0. The van der Waals surface area contributed by atoms with Crippen molar-refractivity contribution in [1.29, 1.82) is 0 Å². The fourth-order valence-corrected chi connectivity index (χ4v) is 1.59. The van der Waals surface area contributed by atoms with E-state index in [0.29, 0.717) is 10.7 Å². The van der Waals surface area contributed by atoms with Gasteiger partial charge in [-0.25, -0.2) is 0 Å². The Kier molecular flexibility index (Phi) is 4.34. The third kappa shape index (κ3) is 3.64. The fourth-order valence-electron chi connectivity index (χ4n) is 1.41. The van der Waals surface area contributed by atoms with Crippen molar-refractivity contribution >= 4 is 29.2 Å². The molecule has 0 saturated heterocycles. The highest BCUT2D eigenvalue weighted by atomic mass is 35.5. The highest BCUT2D eigenvalue weighted by molar-refractivity contribution is 6.30. The number of nitrogens with zero attached hydrogens (tertiary/aromatic N) is 1. The maximum atomic E-state index is 11.1. The van der Waals surface area contributed by atoms with Crippen LogP contribution in [0.1, 0.15) is 6.92 Å². The lowest BCUT2D eigenvalue weighted by atomic mass is 10.2. The molecule has 6 heteroatoms. The van der Waals surface area contributed by atoms with Crippen LogP contribution in [0.25, 0.3) is 0 Å². The minimum Gasteiger partial charge on any atom is -0.480 e. The van der Waals surface area contributed by atoms with Crippen molar-refractivity contribution in [3.05, 3.63) is 29.3 Å². The van der Waals surface area contributed by atoms with Gasteiger partial charge in [-0.2, -0.15) is 0 Å². The number of carboxylic acids is 1. The minimum atomic E-state index is -1.04. The smallest absolute Gasteiger partial charge is 0.323 e. The summed E-state index contributed by atoms with van der Waals surface area (Å²) in [4.78, 5) is 23.3. The van der Waals surface area contributed by atoms with Gasteiger partial charge < -0.3 is 15.7 Å². The fraction of sp³-hybridized carbons (Fsp3) is 0.273. The second-order valence-electron chi connectivity index (χ2n) is 3.58. The van der Waals surface area contributed by atoms with Crippen LogP contribution in [0.3, 0.4) is 0 Å². The summed E-state index contributed by atoms with van der Waals surface area (Å²) >= 11 is 5.82. The highest BCUT2D eigenvalue weighted by Gasteiger charge is 2.21. The Morgan fingerprint density at radius 1 is 1.53 bits per heavy atom. The zero-order valence-electron chi connectivity index (χ0n) is 9.26. The average Bonchev–Trinajstić information content (AvgIpc) is 2.24. The lowest BCUT2D eigenvalue weighted by Gasteiger charge is -2.27. The van der Waals surface area contributed by atoms with Gasteiger partial charge in [-0.05, 0) is 25.1 Å². The Balaban J connectivity index is 3.05. The van der Waals surface area contributed by atoms with Gasteiger partial charge in [0.05, 0.1) is 0 Å². The molecule has 0 aliphatic heterocycles. The first-order valence-corrected chi connectivity index (χ1v) is 5.33. The molecule has 0 heterocycles. The third-order valence-electron chi connectivity index (χ3n) is 2.32. The van der Waals surface area contributed by atoms with E-state index < -0.39 is 17.9 Å². The number of anilines is 1. The SMILES string of the molecule is CC(C(N)=O)N(CC(=O)O)c1cccc(Cl)c1. The molecule has 5 nitrogen and oxygen atoms in total. The van der Waals surface area contributed by atoms with Crippen molar-refractivity contribution in [2.24, 2.45) is 5.73 Å². The Bertz CT molecular complexity index is 436. The number of aliphatic carboxylic acids is 1. The second-order valence-corrected chi connectivity index (χ2v) is 4.02. The molecular weight excluding hydrogens is 244 g/mol. The van der Waals surface area contributed by atoms with E-state index in [1.807, 2.05) is 0 Å². The Hall–Kier alpha value is -1.75. The molecule has 92 valence electrons. The standard InChI is InChI=1S/C11H13ClN2O3/c1-7(11(13)17)14(6-10(15)16)9-4-2-3-8(12)5-9/h2-5,7H,6H2,1H3,(H2,13,17)(H,15,16). The lowest BCUT2D eigenvalue weighted by Crippen LogP contribution is -2.45. The predicted molar refractivity (Wildman–Crippen MR) is 65.1 cm³/mol. The number of primary amides is 1. The summed E-state index contributed by atoms with van der Waals surface area (Å²) in [6.45, 7) is 1.23. The Morgan fingerprint density at radius 3 is 2.65 bits per heavy atom. The largest absolute Gasteiger partial charge is 0.480 e. The maximum Gasteiger partial charge on any atom is 0.323 e. The van der Waals surface area contributed by atoms with E-state index in [0.717, 1.165) is 0 Å². The van der Waals surface area contributed by atoms with Gasteiger partial charge in [0.15, 0.2) is 0 Å². The molecule has 17 heavy (non-hydrogen) atoms. The molecule has 1 aromatic carbocycles. The van der Waals surface area contributed by atoms with Crippen molar-refractivity contribution in [3.63, 3.8) is 0 Å².